The normalized spacial score (nSPS) is 29.2. The summed E-state index contributed by atoms with van der Waals surface area (Å²) in [5.41, 5.74) is 3.50. The molecular formula is C15H24N2O3. The van der Waals surface area contributed by atoms with Crippen molar-refractivity contribution >= 4 is 0 Å². The fourth-order valence-corrected chi connectivity index (χ4v) is 3.66. The predicted octanol–water partition coefficient (Wildman–Crippen LogP) is 1.89. The molecule has 0 bridgehead atoms. The molecule has 1 spiro atoms. The van der Waals surface area contributed by atoms with E-state index in [0.717, 1.165) is 24.2 Å². The van der Waals surface area contributed by atoms with Crippen molar-refractivity contribution in [3.8, 4) is 0 Å². The number of aromatic nitrogens is 2. The first-order valence-corrected chi connectivity index (χ1v) is 7.57. The van der Waals surface area contributed by atoms with Gasteiger partial charge in [-0.3, -0.25) is 4.68 Å². The number of hydrogen-bond acceptors (Lipinski definition) is 4. The van der Waals surface area contributed by atoms with Crippen molar-refractivity contribution in [2.75, 3.05) is 13.2 Å². The van der Waals surface area contributed by atoms with E-state index >= 15 is 0 Å². The Bertz CT molecular complexity index is 492. The van der Waals surface area contributed by atoms with Crippen LogP contribution in [0.15, 0.2) is 0 Å². The van der Waals surface area contributed by atoms with E-state index in [9.17, 15) is 5.11 Å². The highest BCUT2D eigenvalue weighted by Crippen LogP contribution is 2.41. The highest BCUT2D eigenvalue weighted by Gasteiger charge is 2.46. The maximum atomic E-state index is 10.4. The molecule has 2 aliphatic rings. The maximum Gasteiger partial charge on any atom is 0.170 e. The molecule has 1 N–H and O–H groups in total. The molecule has 5 nitrogen and oxygen atoms in total. The molecule has 2 fully saturated rings. The standard InChI is InChI=1S/C15H24N2O3/c1-4-12-10(2)16-17(11(12)3)13-9-15(6-5-14(13)18)19-7-8-20-15/h13-14,18H,4-9H2,1-3H3. The molecule has 0 amide bonds. The summed E-state index contributed by atoms with van der Waals surface area (Å²) in [6.07, 6.45) is 2.74. The molecule has 2 unspecified atom stereocenters. The molecular weight excluding hydrogens is 256 g/mol. The molecule has 112 valence electrons. The Morgan fingerprint density at radius 3 is 2.65 bits per heavy atom. The second-order valence-electron chi connectivity index (χ2n) is 5.93. The van der Waals surface area contributed by atoms with Gasteiger partial charge in [0.05, 0.1) is 31.1 Å². The minimum absolute atomic E-state index is 0.0548. The highest BCUT2D eigenvalue weighted by molar-refractivity contribution is 5.25. The Kier molecular flexibility index (Phi) is 3.60. The molecule has 1 aromatic heterocycles. The van der Waals surface area contributed by atoms with Crippen LogP contribution in [-0.4, -0.2) is 40.0 Å². The van der Waals surface area contributed by atoms with E-state index in [-0.39, 0.29) is 12.1 Å². The van der Waals surface area contributed by atoms with Crippen LogP contribution in [0.1, 0.15) is 49.2 Å². The second-order valence-corrected chi connectivity index (χ2v) is 5.93. The summed E-state index contributed by atoms with van der Waals surface area (Å²) in [7, 11) is 0. The molecule has 5 heteroatoms. The molecule has 1 saturated heterocycles. The first-order valence-electron chi connectivity index (χ1n) is 7.57. The van der Waals surface area contributed by atoms with Crippen LogP contribution in [0.5, 0.6) is 0 Å². The topological polar surface area (TPSA) is 56.5 Å². The lowest BCUT2D eigenvalue weighted by Gasteiger charge is -2.39. The zero-order valence-electron chi connectivity index (χ0n) is 12.6. The summed E-state index contributed by atoms with van der Waals surface area (Å²) in [5.74, 6) is -0.497. The van der Waals surface area contributed by atoms with Gasteiger partial charge in [-0.1, -0.05) is 6.92 Å². The quantitative estimate of drug-likeness (QED) is 0.899. The average Bonchev–Trinajstić information content (AvgIpc) is 2.99. The Balaban J connectivity index is 1.91. The fraction of sp³-hybridized carbons (Fsp3) is 0.800. The van der Waals surface area contributed by atoms with Crippen molar-refractivity contribution < 1.29 is 14.6 Å². The Labute approximate surface area is 119 Å². The smallest absolute Gasteiger partial charge is 0.170 e. The van der Waals surface area contributed by atoms with E-state index in [0.29, 0.717) is 26.1 Å². The zero-order chi connectivity index (χ0) is 14.3. The molecule has 0 radical (unpaired) electrons. The second kappa shape index (κ2) is 5.13. The summed E-state index contributed by atoms with van der Waals surface area (Å²) in [4.78, 5) is 0. The van der Waals surface area contributed by atoms with Crippen LogP contribution in [0.4, 0.5) is 0 Å². The van der Waals surface area contributed by atoms with E-state index in [1.165, 1.54) is 5.56 Å². The first-order chi connectivity index (χ1) is 9.56. The molecule has 1 aromatic rings. The number of aryl methyl sites for hydroxylation is 1. The number of aliphatic hydroxyl groups excluding tert-OH is 1. The van der Waals surface area contributed by atoms with Crippen LogP contribution in [-0.2, 0) is 15.9 Å². The number of hydrogen-bond donors (Lipinski definition) is 1. The van der Waals surface area contributed by atoms with Crippen LogP contribution in [0.25, 0.3) is 0 Å². The molecule has 0 aromatic carbocycles. The summed E-state index contributed by atoms with van der Waals surface area (Å²) in [5, 5.41) is 15.0. The Morgan fingerprint density at radius 2 is 2.05 bits per heavy atom. The van der Waals surface area contributed by atoms with E-state index in [4.69, 9.17) is 9.47 Å². The maximum absolute atomic E-state index is 10.4. The van der Waals surface area contributed by atoms with Crippen molar-refractivity contribution in [1.82, 2.24) is 9.78 Å². The third-order valence-electron chi connectivity index (χ3n) is 4.74. The lowest BCUT2D eigenvalue weighted by atomic mass is 9.87. The van der Waals surface area contributed by atoms with Crippen molar-refractivity contribution in [2.24, 2.45) is 0 Å². The first kappa shape index (κ1) is 14.0. The molecule has 1 aliphatic heterocycles. The van der Waals surface area contributed by atoms with Crippen LogP contribution >= 0.6 is 0 Å². The van der Waals surface area contributed by atoms with Gasteiger partial charge < -0.3 is 14.6 Å². The van der Waals surface area contributed by atoms with Gasteiger partial charge in [-0.2, -0.15) is 5.10 Å². The predicted molar refractivity (Wildman–Crippen MR) is 74.6 cm³/mol. The van der Waals surface area contributed by atoms with Crippen molar-refractivity contribution in [1.29, 1.82) is 0 Å². The lowest BCUT2D eigenvalue weighted by Crippen LogP contribution is -2.43. The van der Waals surface area contributed by atoms with Gasteiger partial charge in [0.15, 0.2) is 5.79 Å². The van der Waals surface area contributed by atoms with Crippen LogP contribution in [0.3, 0.4) is 0 Å². The number of rotatable bonds is 2. The lowest BCUT2D eigenvalue weighted by molar-refractivity contribution is -0.200. The fourth-order valence-electron chi connectivity index (χ4n) is 3.66. The largest absolute Gasteiger partial charge is 0.391 e. The summed E-state index contributed by atoms with van der Waals surface area (Å²) in [6.45, 7) is 7.57. The zero-order valence-corrected chi connectivity index (χ0v) is 12.6. The van der Waals surface area contributed by atoms with Gasteiger partial charge in [0, 0.05) is 18.5 Å². The van der Waals surface area contributed by atoms with E-state index < -0.39 is 5.79 Å². The number of ether oxygens (including phenoxy) is 2. The van der Waals surface area contributed by atoms with Gasteiger partial charge in [0.2, 0.25) is 0 Å². The summed E-state index contributed by atoms with van der Waals surface area (Å²) in [6, 6.07) is -0.0548. The van der Waals surface area contributed by atoms with Crippen molar-refractivity contribution in [3.05, 3.63) is 17.0 Å². The third-order valence-corrected chi connectivity index (χ3v) is 4.74. The third kappa shape index (κ3) is 2.18. The summed E-state index contributed by atoms with van der Waals surface area (Å²) >= 11 is 0. The number of aliphatic hydroxyl groups is 1. The van der Waals surface area contributed by atoms with Crippen molar-refractivity contribution in [3.63, 3.8) is 0 Å². The van der Waals surface area contributed by atoms with Gasteiger partial charge in [0.1, 0.15) is 0 Å². The number of nitrogens with zero attached hydrogens (tertiary/aromatic N) is 2. The minimum atomic E-state index is -0.497. The highest BCUT2D eigenvalue weighted by atomic mass is 16.7. The van der Waals surface area contributed by atoms with Gasteiger partial charge in [-0.25, -0.2) is 0 Å². The van der Waals surface area contributed by atoms with Crippen LogP contribution in [0.2, 0.25) is 0 Å². The van der Waals surface area contributed by atoms with E-state index in [2.05, 4.69) is 18.9 Å². The molecule has 2 atom stereocenters. The molecule has 3 rings (SSSR count). The minimum Gasteiger partial charge on any atom is -0.391 e. The molecule has 1 saturated carbocycles. The van der Waals surface area contributed by atoms with E-state index in [1.807, 2.05) is 11.6 Å². The van der Waals surface area contributed by atoms with Gasteiger partial charge in [-0.05, 0) is 32.3 Å². The SMILES string of the molecule is CCc1c(C)nn(C2CC3(CCC2O)OCCO3)c1C. The Morgan fingerprint density at radius 1 is 1.35 bits per heavy atom. The van der Waals surface area contributed by atoms with E-state index in [1.54, 1.807) is 0 Å². The summed E-state index contributed by atoms with van der Waals surface area (Å²) < 4.78 is 13.6. The molecule has 2 heterocycles. The molecule has 20 heavy (non-hydrogen) atoms. The monoisotopic (exact) mass is 280 g/mol. The average molecular weight is 280 g/mol. The van der Waals surface area contributed by atoms with Crippen molar-refractivity contribution in [2.45, 2.75) is 64.4 Å². The van der Waals surface area contributed by atoms with Gasteiger partial charge >= 0.3 is 0 Å². The molecule has 1 aliphatic carbocycles. The Hall–Kier alpha value is -0.910. The van der Waals surface area contributed by atoms with Gasteiger partial charge in [0.25, 0.3) is 0 Å². The van der Waals surface area contributed by atoms with Crippen LogP contribution in [0, 0.1) is 13.8 Å². The van der Waals surface area contributed by atoms with Crippen LogP contribution < -0.4 is 0 Å². The van der Waals surface area contributed by atoms with Gasteiger partial charge in [-0.15, -0.1) is 0 Å².